The number of aliphatic hydroxyl groups excluding tert-OH is 1. The number of pyridine rings is 1. The van der Waals surface area contributed by atoms with E-state index < -0.39 is 6.10 Å². The van der Waals surface area contributed by atoms with Crippen LogP contribution in [0.3, 0.4) is 0 Å². The standard InChI is InChI=1S/C14H22N2O/c1-3-16(12-6-4-5-7-12)13-8-9-14(11(2)17)15-10-13/h8-12,17H,3-7H2,1-2H3. The van der Waals surface area contributed by atoms with E-state index in [9.17, 15) is 5.11 Å². The molecule has 1 heterocycles. The van der Waals surface area contributed by atoms with Crippen LogP contribution in [0.15, 0.2) is 18.3 Å². The van der Waals surface area contributed by atoms with Crippen molar-refractivity contribution < 1.29 is 5.11 Å². The largest absolute Gasteiger partial charge is 0.387 e. The third-order valence-electron chi connectivity index (χ3n) is 3.64. The minimum Gasteiger partial charge on any atom is -0.387 e. The summed E-state index contributed by atoms with van der Waals surface area (Å²) in [6.45, 7) is 4.97. The molecule has 0 bridgehead atoms. The number of aliphatic hydroxyl groups is 1. The van der Waals surface area contributed by atoms with E-state index in [1.54, 1.807) is 6.92 Å². The summed E-state index contributed by atoms with van der Waals surface area (Å²) in [5.74, 6) is 0. The Hall–Kier alpha value is -1.09. The van der Waals surface area contributed by atoms with E-state index in [-0.39, 0.29) is 0 Å². The van der Waals surface area contributed by atoms with Gasteiger partial charge in [0.2, 0.25) is 0 Å². The number of aromatic nitrogens is 1. The lowest BCUT2D eigenvalue weighted by molar-refractivity contribution is 0.194. The van der Waals surface area contributed by atoms with Gasteiger partial charge in [-0.1, -0.05) is 12.8 Å². The SMILES string of the molecule is CCN(c1ccc(C(C)O)nc1)C1CCCC1. The van der Waals surface area contributed by atoms with Crippen LogP contribution >= 0.6 is 0 Å². The van der Waals surface area contributed by atoms with E-state index in [1.165, 1.54) is 31.4 Å². The molecular formula is C14H22N2O. The number of anilines is 1. The second-order valence-corrected chi connectivity index (χ2v) is 4.84. The number of hydrogen-bond donors (Lipinski definition) is 1. The Morgan fingerprint density at radius 1 is 1.41 bits per heavy atom. The van der Waals surface area contributed by atoms with Crippen LogP contribution in [0.25, 0.3) is 0 Å². The molecule has 1 saturated carbocycles. The molecule has 3 heteroatoms. The average molecular weight is 234 g/mol. The molecule has 17 heavy (non-hydrogen) atoms. The number of rotatable bonds is 4. The lowest BCUT2D eigenvalue weighted by Crippen LogP contribution is -2.33. The van der Waals surface area contributed by atoms with Crippen molar-refractivity contribution in [2.75, 3.05) is 11.4 Å². The Morgan fingerprint density at radius 2 is 2.12 bits per heavy atom. The number of nitrogens with zero attached hydrogens (tertiary/aromatic N) is 2. The molecule has 1 N–H and O–H groups in total. The van der Waals surface area contributed by atoms with Crippen LogP contribution in [-0.4, -0.2) is 22.7 Å². The predicted molar refractivity (Wildman–Crippen MR) is 70.1 cm³/mol. The Balaban J connectivity index is 2.13. The Kier molecular flexibility index (Phi) is 4.00. The first-order valence-corrected chi connectivity index (χ1v) is 6.63. The summed E-state index contributed by atoms with van der Waals surface area (Å²) in [6.07, 6.45) is 6.70. The third-order valence-corrected chi connectivity index (χ3v) is 3.64. The van der Waals surface area contributed by atoms with Crippen LogP contribution in [-0.2, 0) is 0 Å². The molecule has 1 aromatic heterocycles. The Labute approximate surface area is 103 Å². The zero-order valence-electron chi connectivity index (χ0n) is 10.8. The topological polar surface area (TPSA) is 36.4 Å². The van der Waals surface area contributed by atoms with Crippen molar-refractivity contribution in [2.24, 2.45) is 0 Å². The van der Waals surface area contributed by atoms with E-state index in [1.807, 2.05) is 12.3 Å². The first kappa shape index (κ1) is 12.4. The highest BCUT2D eigenvalue weighted by molar-refractivity contribution is 5.46. The zero-order valence-corrected chi connectivity index (χ0v) is 10.8. The smallest absolute Gasteiger partial charge is 0.0931 e. The second-order valence-electron chi connectivity index (χ2n) is 4.84. The first-order chi connectivity index (χ1) is 8.22. The fraction of sp³-hybridized carbons (Fsp3) is 0.643. The van der Waals surface area contributed by atoms with Crippen molar-refractivity contribution in [3.05, 3.63) is 24.0 Å². The minimum absolute atomic E-state index is 0.481. The molecule has 1 aliphatic carbocycles. The summed E-state index contributed by atoms with van der Waals surface area (Å²) >= 11 is 0. The van der Waals surface area contributed by atoms with E-state index in [0.717, 1.165) is 12.2 Å². The molecule has 0 radical (unpaired) electrons. The monoisotopic (exact) mass is 234 g/mol. The fourth-order valence-corrected chi connectivity index (χ4v) is 2.68. The van der Waals surface area contributed by atoms with Gasteiger partial charge in [-0.2, -0.15) is 0 Å². The van der Waals surface area contributed by atoms with Gasteiger partial charge in [-0.05, 0) is 38.8 Å². The van der Waals surface area contributed by atoms with Crippen molar-refractivity contribution in [2.45, 2.75) is 51.7 Å². The summed E-state index contributed by atoms with van der Waals surface area (Å²) in [4.78, 5) is 6.76. The van der Waals surface area contributed by atoms with Crippen molar-refractivity contribution in [1.29, 1.82) is 0 Å². The van der Waals surface area contributed by atoms with Gasteiger partial charge in [-0.15, -0.1) is 0 Å². The molecule has 1 atom stereocenters. The van der Waals surface area contributed by atoms with E-state index in [0.29, 0.717) is 6.04 Å². The van der Waals surface area contributed by atoms with Gasteiger partial charge in [0.25, 0.3) is 0 Å². The van der Waals surface area contributed by atoms with Gasteiger partial charge in [0, 0.05) is 12.6 Å². The average Bonchev–Trinajstić information content (AvgIpc) is 2.84. The molecule has 1 aromatic rings. The van der Waals surface area contributed by atoms with Gasteiger partial charge in [0.15, 0.2) is 0 Å². The zero-order chi connectivity index (χ0) is 12.3. The van der Waals surface area contributed by atoms with Crippen LogP contribution in [0.1, 0.15) is 51.3 Å². The highest BCUT2D eigenvalue weighted by Gasteiger charge is 2.21. The van der Waals surface area contributed by atoms with Gasteiger partial charge in [0.1, 0.15) is 0 Å². The summed E-state index contributed by atoms with van der Waals surface area (Å²) in [5.41, 5.74) is 1.93. The predicted octanol–water partition coefficient (Wildman–Crippen LogP) is 2.90. The summed E-state index contributed by atoms with van der Waals surface area (Å²) < 4.78 is 0. The highest BCUT2D eigenvalue weighted by Crippen LogP contribution is 2.28. The van der Waals surface area contributed by atoms with E-state index in [4.69, 9.17) is 0 Å². The highest BCUT2D eigenvalue weighted by atomic mass is 16.3. The molecule has 1 unspecified atom stereocenters. The van der Waals surface area contributed by atoms with Crippen LogP contribution in [0, 0.1) is 0 Å². The lowest BCUT2D eigenvalue weighted by Gasteiger charge is -2.29. The molecule has 0 spiro atoms. The molecule has 1 fully saturated rings. The van der Waals surface area contributed by atoms with Gasteiger partial charge >= 0.3 is 0 Å². The lowest BCUT2D eigenvalue weighted by atomic mass is 10.2. The molecule has 94 valence electrons. The van der Waals surface area contributed by atoms with Gasteiger partial charge in [-0.25, -0.2) is 0 Å². The molecule has 0 aliphatic heterocycles. The molecule has 2 rings (SSSR count). The van der Waals surface area contributed by atoms with Crippen molar-refractivity contribution in [3.63, 3.8) is 0 Å². The molecule has 0 aromatic carbocycles. The Bertz CT molecular complexity index is 342. The molecule has 3 nitrogen and oxygen atoms in total. The van der Waals surface area contributed by atoms with E-state index in [2.05, 4.69) is 22.9 Å². The Morgan fingerprint density at radius 3 is 2.59 bits per heavy atom. The van der Waals surface area contributed by atoms with Gasteiger partial charge in [0.05, 0.1) is 23.7 Å². The normalized spacial score (nSPS) is 18.3. The van der Waals surface area contributed by atoms with Crippen LogP contribution in [0.4, 0.5) is 5.69 Å². The molecule has 1 aliphatic rings. The van der Waals surface area contributed by atoms with Crippen LogP contribution < -0.4 is 4.90 Å². The summed E-state index contributed by atoms with van der Waals surface area (Å²) in [5, 5.41) is 9.45. The van der Waals surface area contributed by atoms with Crippen LogP contribution in [0.2, 0.25) is 0 Å². The summed E-state index contributed by atoms with van der Waals surface area (Å²) in [6, 6.07) is 4.69. The van der Waals surface area contributed by atoms with Gasteiger partial charge in [-0.3, -0.25) is 4.98 Å². The van der Waals surface area contributed by atoms with Crippen molar-refractivity contribution in [1.82, 2.24) is 4.98 Å². The number of hydrogen-bond acceptors (Lipinski definition) is 3. The van der Waals surface area contributed by atoms with Crippen molar-refractivity contribution >= 4 is 5.69 Å². The fourth-order valence-electron chi connectivity index (χ4n) is 2.68. The minimum atomic E-state index is -0.481. The molecule has 0 saturated heterocycles. The maximum atomic E-state index is 9.45. The maximum absolute atomic E-state index is 9.45. The van der Waals surface area contributed by atoms with Gasteiger partial charge < -0.3 is 10.0 Å². The maximum Gasteiger partial charge on any atom is 0.0931 e. The summed E-state index contributed by atoms with van der Waals surface area (Å²) in [7, 11) is 0. The first-order valence-electron chi connectivity index (χ1n) is 6.63. The molecule has 0 amide bonds. The quantitative estimate of drug-likeness (QED) is 0.870. The van der Waals surface area contributed by atoms with E-state index >= 15 is 0 Å². The third kappa shape index (κ3) is 2.78. The van der Waals surface area contributed by atoms with Crippen molar-refractivity contribution in [3.8, 4) is 0 Å². The molecular weight excluding hydrogens is 212 g/mol. The van der Waals surface area contributed by atoms with Crippen LogP contribution in [0.5, 0.6) is 0 Å². The second kappa shape index (κ2) is 5.50.